The van der Waals surface area contributed by atoms with Gasteiger partial charge < -0.3 is 36.1 Å². The van der Waals surface area contributed by atoms with Gasteiger partial charge >= 0.3 is 5.97 Å². The van der Waals surface area contributed by atoms with E-state index < -0.39 is 17.6 Å². The zero-order chi connectivity index (χ0) is 33.0. The van der Waals surface area contributed by atoms with Gasteiger partial charge in [-0.05, 0) is 54.8 Å². The standard InChI is InChI=1S/C37H37N3O7/c38-33(23-10-6-5-7-11-23)35(44)40-19-9-4-2-1-3-8-18-39-34(43)24-12-15-28-27(20-24)36(45)47-37(28)29-16-13-25(41)21-31(29)46-32-22-26(42)14-17-30(32)37/h5-7,10-17,20-22,33,41-42H,1-4,8-9,18-19,38H2,(H,39,43)(H,40,44). The van der Waals surface area contributed by atoms with E-state index in [0.717, 1.165) is 44.1 Å². The molecule has 1 unspecified atom stereocenters. The number of phenols is 2. The van der Waals surface area contributed by atoms with E-state index in [2.05, 4.69) is 10.6 Å². The highest BCUT2D eigenvalue weighted by atomic mass is 16.6. The lowest BCUT2D eigenvalue weighted by Gasteiger charge is -2.36. The Hall–Kier alpha value is -5.35. The third-order valence-electron chi connectivity index (χ3n) is 8.67. The molecule has 1 atom stereocenters. The monoisotopic (exact) mass is 635 g/mol. The molecule has 2 heterocycles. The number of benzene rings is 4. The van der Waals surface area contributed by atoms with E-state index in [4.69, 9.17) is 15.2 Å². The maximum Gasteiger partial charge on any atom is 0.340 e. The molecule has 4 aromatic rings. The maximum atomic E-state index is 13.3. The molecule has 242 valence electrons. The number of ether oxygens (including phenoxy) is 2. The normalized spacial score (nSPS) is 14.3. The molecule has 0 aromatic heterocycles. The van der Waals surface area contributed by atoms with Crippen LogP contribution in [0, 0.1) is 0 Å². The van der Waals surface area contributed by atoms with Crippen molar-refractivity contribution in [2.75, 3.05) is 13.1 Å². The topological polar surface area (TPSA) is 160 Å². The summed E-state index contributed by atoms with van der Waals surface area (Å²) in [6.07, 6.45) is 5.68. The summed E-state index contributed by atoms with van der Waals surface area (Å²) >= 11 is 0. The summed E-state index contributed by atoms with van der Waals surface area (Å²) in [6.45, 7) is 1.09. The number of unbranched alkanes of at least 4 members (excludes halogenated alkanes) is 5. The predicted molar refractivity (Wildman–Crippen MR) is 174 cm³/mol. The second-order valence-corrected chi connectivity index (χ2v) is 11.9. The minimum Gasteiger partial charge on any atom is -0.508 e. The second-order valence-electron chi connectivity index (χ2n) is 11.9. The first-order valence-electron chi connectivity index (χ1n) is 15.9. The molecular formula is C37H37N3O7. The average molecular weight is 636 g/mol. The first-order valence-corrected chi connectivity index (χ1v) is 15.9. The number of aromatic hydroxyl groups is 2. The number of phenolic OH excluding ortho intramolecular Hbond substituents is 2. The Labute approximate surface area is 272 Å². The summed E-state index contributed by atoms with van der Waals surface area (Å²) in [4.78, 5) is 38.6. The van der Waals surface area contributed by atoms with Crippen LogP contribution >= 0.6 is 0 Å². The van der Waals surface area contributed by atoms with E-state index in [1.165, 1.54) is 24.3 Å². The number of hydrogen-bond donors (Lipinski definition) is 5. The number of amides is 2. The van der Waals surface area contributed by atoms with Gasteiger partial charge in [-0.2, -0.15) is 0 Å². The fourth-order valence-electron chi connectivity index (χ4n) is 6.24. The van der Waals surface area contributed by atoms with E-state index >= 15 is 0 Å². The molecule has 0 saturated carbocycles. The molecule has 0 radical (unpaired) electrons. The van der Waals surface area contributed by atoms with Crippen LogP contribution in [0.5, 0.6) is 23.0 Å². The van der Waals surface area contributed by atoms with Crippen LogP contribution in [0.2, 0.25) is 0 Å². The number of nitrogens with two attached hydrogens (primary N) is 1. The molecule has 0 bridgehead atoms. The zero-order valence-corrected chi connectivity index (χ0v) is 25.8. The van der Waals surface area contributed by atoms with E-state index in [-0.39, 0.29) is 28.9 Å². The molecule has 47 heavy (non-hydrogen) atoms. The van der Waals surface area contributed by atoms with Crippen LogP contribution in [0.15, 0.2) is 84.9 Å². The minimum absolute atomic E-state index is 0.0233. The highest BCUT2D eigenvalue weighted by molar-refractivity contribution is 6.01. The lowest BCUT2D eigenvalue weighted by Crippen LogP contribution is -2.34. The molecule has 10 nitrogen and oxygen atoms in total. The molecule has 2 amide bonds. The highest BCUT2D eigenvalue weighted by Crippen LogP contribution is 2.57. The van der Waals surface area contributed by atoms with Crippen LogP contribution in [0.1, 0.15) is 87.5 Å². The zero-order valence-electron chi connectivity index (χ0n) is 25.8. The van der Waals surface area contributed by atoms with E-state index in [9.17, 15) is 24.6 Å². The van der Waals surface area contributed by atoms with E-state index in [1.54, 1.807) is 30.3 Å². The van der Waals surface area contributed by atoms with Crippen molar-refractivity contribution in [3.8, 4) is 23.0 Å². The van der Waals surface area contributed by atoms with Gasteiger partial charge in [0.25, 0.3) is 5.91 Å². The lowest BCUT2D eigenvalue weighted by atomic mass is 9.77. The summed E-state index contributed by atoms with van der Waals surface area (Å²) < 4.78 is 12.1. The van der Waals surface area contributed by atoms with Crippen molar-refractivity contribution >= 4 is 17.8 Å². The Morgan fingerprint density at radius 1 is 0.723 bits per heavy atom. The number of carbonyl (C=O) groups is 3. The van der Waals surface area contributed by atoms with Crippen molar-refractivity contribution in [2.24, 2.45) is 5.73 Å². The van der Waals surface area contributed by atoms with Gasteiger partial charge in [0.2, 0.25) is 5.91 Å². The van der Waals surface area contributed by atoms with Crippen LogP contribution in [-0.4, -0.2) is 41.1 Å². The first-order chi connectivity index (χ1) is 22.8. The average Bonchev–Trinajstić information content (AvgIpc) is 3.36. The van der Waals surface area contributed by atoms with Gasteiger partial charge in [0.1, 0.15) is 29.0 Å². The first kappa shape index (κ1) is 31.6. The summed E-state index contributed by atoms with van der Waals surface area (Å²) in [6, 6.07) is 22.7. The maximum absolute atomic E-state index is 13.3. The summed E-state index contributed by atoms with van der Waals surface area (Å²) in [5, 5.41) is 26.0. The van der Waals surface area contributed by atoms with Gasteiger partial charge in [0, 0.05) is 47.5 Å². The van der Waals surface area contributed by atoms with Crippen molar-refractivity contribution in [1.29, 1.82) is 0 Å². The molecule has 2 aliphatic heterocycles. The van der Waals surface area contributed by atoms with Gasteiger partial charge in [-0.3, -0.25) is 9.59 Å². The Morgan fingerprint density at radius 2 is 1.30 bits per heavy atom. The molecular weight excluding hydrogens is 598 g/mol. The Kier molecular flexibility index (Phi) is 9.12. The number of rotatable bonds is 12. The quantitative estimate of drug-likeness (QED) is 0.100. The Morgan fingerprint density at radius 3 is 1.94 bits per heavy atom. The minimum atomic E-state index is -1.37. The largest absolute Gasteiger partial charge is 0.508 e. The van der Waals surface area contributed by atoms with Gasteiger partial charge in [-0.15, -0.1) is 0 Å². The van der Waals surface area contributed by atoms with Crippen molar-refractivity contribution in [1.82, 2.24) is 10.6 Å². The summed E-state index contributed by atoms with van der Waals surface area (Å²) in [5.74, 6) is -0.508. The number of fused-ring (bicyclic) bond motifs is 6. The Bertz CT molecular complexity index is 1760. The van der Waals surface area contributed by atoms with Crippen LogP contribution in [0.25, 0.3) is 0 Å². The Balaban J connectivity index is 0.991. The fraction of sp³-hybridized carbons (Fsp3) is 0.270. The van der Waals surface area contributed by atoms with Crippen LogP contribution in [0.3, 0.4) is 0 Å². The van der Waals surface area contributed by atoms with Crippen molar-refractivity contribution in [3.05, 3.63) is 118 Å². The smallest absolute Gasteiger partial charge is 0.340 e. The van der Waals surface area contributed by atoms with Gasteiger partial charge in [-0.1, -0.05) is 62.1 Å². The lowest BCUT2D eigenvalue weighted by molar-refractivity contribution is -0.122. The molecule has 4 aromatic carbocycles. The van der Waals surface area contributed by atoms with Gasteiger partial charge in [-0.25, -0.2) is 4.79 Å². The molecule has 6 rings (SSSR count). The predicted octanol–water partition coefficient (Wildman–Crippen LogP) is 5.55. The molecule has 0 aliphatic carbocycles. The molecule has 0 fully saturated rings. The van der Waals surface area contributed by atoms with Crippen molar-refractivity contribution in [3.63, 3.8) is 0 Å². The number of nitrogens with one attached hydrogen (secondary N) is 2. The molecule has 0 saturated heterocycles. The molecule has 2 aliphatic rings. The van der Waals surface area contributed by atoms with E-state index in [0.29, 0.717) is 46.8 Å². The highest BCUT2D eigenvalue weighted by Gasteiger charge is 2.53. The van der Waals surface area contributed by atoms with Crippen molar-refractivity contribution < 1.29 is 34.1 Å². The van der Waals surface area contributed by atoms with Crippen LogP contribution in [-0.2, 0) is 15.1 Å². The third kappa shape index (κ3) is 6.37. The van der Waals surface area contributed by atoms with Crippen LogP contribution in [0.4, 0.5) is 0 Å². The summed E-state index contributed by atoms with van der Waals surface area (Å²) in [5.41, 5.74) is 7.64. The molecule has 6 N–H and O–H groups in total. The van der Waals surface area contributed by atoms with Gasteiger partial charge in [0.05, 0.1) is 5.56 Å². The molecule has 10 heteroatoms. The number of hydrogen-bond acceptors (Lipinski definition) is 8. The van der Waals surface area contributed by atoms with Crippen molar-refractivity contribution in [2.45, 2.75) is 50.2 Å². The van der Waals surface area contributed by atoms with Gasteiger partial charge in [0.15, 0.2) is 5.60 Å². The summed E-state index contributed by atoms with van der Waals surface area (Å²) in [7, 11) is 0. The fourth-order valence-corrected chi connectivity index (χ4v) is 6.24. The number of carbonyl (C=O) groups excluding carboxylic acids is 3. The molecule has 1 spiro atoms. The van der Waals surface area contributed by atoms with E-state index in [1.807, 2.05) is 30.3 Å². The third-order valence-corrected chi connectivity index (χ3v) is 8.67. The second kappa shape index (κ2) is 13.6. The number of esters is 1. The van der Waals surface area contributed by atoms with Crippen LogP contribution < -0.4 is 21.1 Å². The SMILES string of the molecule is NC(C(=O)NCCCCCCCCNC(=O)c1ccc2c(c1)C(=O)OC21c2ccc(O)cc2Oc2cc(O)ccc21)c1ccccc1.